The minimum absolute atomic E-state index is 0.0507. The predicted octanol–water partition coefficient (Wildman–Crippen LogP) is 1.50. The van der Waals surface area contributed by atoms with Gasteiger partial charge < -0.3 is 34.6 Å². The van der Waals surface area contributed by atoms with E-state index in [0.717, 1.165) is 0 Å². The molecule has 1 aromatic rings. The van der Waals surface area contributed by atoms with Gasteiger partial charge in [0.15, 0.2) is 0 Å². The zero-order valence-corrected chi connectivity index (χ0v) is 18.6. The van der Waals surface area contributed by atoms with Crippen molar-refractivity contribution in [2.75, 3.05) is 13.2 Å². The SMILES string of the molecule is CC(C)CC(=O)O[C@@H]1OC=C(CO)[C@H]2C[C@H](OC(=O)/C=C/c3ccc(O)cc3)[C@](O)(CO)[C@@H]12. The fraction of sp³-hybridized carbons (Fsp3) is 0.500. The topological polar surface area (TPSA) is 143 Å². The third-order valence-electron chi connectivity index (χ3n) is 5.98. The van der Waals surface area contributed by atoms with E-state index in [1.165, 1.54) is 30.5 Å². The third-order valence-corrected chi connectivity index (χ3v) is 5.98. The van der Waals surface area contributed by atoms with E-state index in [-0.39, 0.29) is 31.1 Å². The number of carbonyl (C=O) groups is 2. The smallest absolute Gasteiger partial charge is 0.331 e. The van der Waals surface area contributed by atoms with Gasteiger partial charge in [-0.1, -0.05) is 26.0 Å². The number of aromatic hydroxyl groups is 1. The molecule has 1 saturated carbocycles. The van der Waals surface area contributed by atoms with Crippen LogP contribution in [-0.2, 0) is 23.8 Å². The molecule has 3 rings (SSSR count). The molecule has 1 aliphatic carbocycles. The van der Waals surface area contributed by atoms with Gasteiger partial charge in [-0.3, -0.25) is 4.79 Å². The summed E-state index contributed by atoms with van der Waals surface area (Å²) in [6, 6.07) is 6.17. The Kier molecular flexibility index (Phi) is 7.78. The van der Waals surface area contributed by atoms with Crippen molar-refractivity contribution in [2.45, 2.75) is 44.7 Å². The van der Waals surface area contributed by atoms with Crippen LogP contribution in [-0.4, -0.2) is 63.6 Å². The molecule has 0 saturated heterocycles. The maximum atomic E-state index is 12.4. The number of hydrogen-bond donors (Lipinski definition) is 4. The van der Waals surface area contributed by atoms with Crippen LogP contribution in [0.25, 0.3) is 6.08 Å². The number of aliphatic hydroxyl groups is 3. The van der Waals surface area contributed by atoms with E-state index in [0.29, 0.717) is 11.1 Å². The highest BCUT2D eigenvalue weighted by atomic mass is 16.7. The van der Waals surface area contributed by atoms with Crippen molar-refractivity contribution in [3.8, 4) is 5.75 Å². The van der Waals surface area contributed by atoms with Crippen LogP contribution >= 0.6 is 0 Å². The zero-order chi connectivity index (χ0) is 24.2. The summed E-state index contributed by atoms with van der Waals surface area (Å²) in [5.74, 6) is -2.60. The van der Waals surface area contributed by atoms with E-state index >= 15 is 0 Å². The minimum atomic E-state index is -1.95. The number of benzene rings is 1. The lowest BCUT2D eigenvalue weighted by atomic mass is 9.80. The van der Waals surface area contributed by atoms with Gasteiger partial charge in [0.25, 0.3) is 0 Å². The summed E-state index contributed by atoms with van der Waals surface area (Å²) in [4.78, 5) is 24.7. The lowest BCUT2D eigenvalue weighted by Gasteiger charge is -2.39. The monoisotopic (exact) mass is 462 g/mol. The van der Waals surface area contributed by atoms with Gasteiger partial charge in [0.1, 0.15) is 17.5 Å². The van der Waals surface area contributed by atoms with E-state index < -0.39 is 48.4 Å². The molecule has 0 amide bonds. The molecule has 9 heteroatoms. The molecule has 1 fully saturated rings. The van der Waals surface area contributed by atoms with Crippen molar-refractivity contribution in [2.24, 2.45) is 17.8 Å². The fourth-order valence-corrected chi connectivity index (χ4v) is 4.33. The van der Waals surface area contributed by atoms with Crippen LogP contribution in [0.4, 0.5) is 0 Å². The summed E-state index contributed by atoms with van der Waals surface area (Å²) in [6.45, 7) is 2.58. The molecular weight excluding hydrogens is 432 g/mol. The molecule has 0 aromatic heterocycles. The largest absolute Gasteiger partial charge is 0.508 e. The number of phenols is 1. The highest BCUT2D eigenvalue weighted by Crippen LogP contribution is 2.50. The Labute approximate surface area is 191 Å². The summed E-state index contributed by atoms with van der Waals surface area (Å²) in [7, 11) is 0. The predicted molar refractivity (Wildman–Crippen MR) is 116 cm³/mol. The van der Waals surface area contributed by atoms with Gasteiger partial charge in [-0.2, -0.15) is 0 Å². The Balaban J connectivity index is 1.78. The molecule has 4 N–H and O–H groups in total. The highest BCUT2D eigenvalue weighted by Gasteiger charge is 2.62. The number of esters is 2. The molecule has 1 heterocycles. The van der Waals surface area contributed by atoms with E-state index in [4.69, 9.17) is 14.2 Å². The first-order chi connectivity index (χ1) is 15.7. The van der Waals surface area contributed by atoms with Gasteiger partial charge in [-0.25, -0.2) is 4.79 Å². The molecule has 180 valence electrons. The number of phenolic OH excluding ortho intramolecular Hbond substituents is 1. The van der Waals surface area contributed by atoms with Crippen molar-refractivity contribution < 1.29 is 44.2 Å². The van der Waals surface area contributed by atoms with Crippen molar-refractivity contribution in [3.63, 3.8) is 0 Å². The van der Waals surface area contributed by atoms with Crippen LogP contribution in [0.2, 0.25) is 0 Å². The van der Waals surface area contributed by atoms with Crippen LogP contribution in [0.15, 0.2) is 42.2 Å². The van der Waals surface area contributed by atoms with E-state index in [9.17, 15) is 30.0 Å². The van der Waals surface area contributed by atoms with Crippen molar-refractivity contribution in [1.82, 2.24) is 0 Å². The standard InChI is InChI=1S/C24H30O9/c1-14(2)9-21(29)33-23-22-18(16(11-25)12-31-23)10-19(24(22,30)13-26)32-20(28)8-5-15-3-6-17(27)7-4-15/h3-8,12,14,18-19,22-23,25-27,30H,9-11,13H2,1-2H3/b8-5+/t18-,19+,22-,23+,24-/m1/s1. The van der Waals surface area contributed by atoms with Crippen LogP contribution in [0.5, 0.6) is 5.75 Å². The van der Waals surface area contributed by atoms with Gasteiger partial charge in [0.2, 0.25) is 6.29 Å². The van der Waals surface area contributed by atoms with Gasteiger partial charge in [-0.15, -0.1) is 0 Å². The molecular formula is C24H30O9. The molecule has 0 radical (unpaired) electrons. The summed E-state index contributed by atoms with van der Waals surface area (Å²) in [5, 5.41) is 40.5. The van der Waals surface area contributed by atoms with Gasteiger partial charge in [0.05, 0.1) is 25.4 Å². The quantitative estimate of drug-likeness (QED) is 0.334. The number of fused-ring (bicyclic) bond motifs is 1. The van der Waals surface area contributed by atoms with Crippen LogP contribution in [0.3, 0.4) is 0 Å². The zero-order valence-electron chi connectivity index (χ0n) is 18.6. The van der Waals surface area contributed by atoms with Crippen LogP contribution < -0.4 is 0 Å². The van der Waals surface area contributed by atoms with E-state index in [1.54, 1.807) is 12.1 Å². The average molecular weight is 462 g/mol. The number of hydrogen-bond acceptors (Lipinski definition) is 9. The molecule has 33 heavy (non-hydrogen) atoms. The van der Waals surface area contributed by atoms with Crippen molar-refractivity contribution in [3.05, 3.63) is 47.7 Å². The van der Waals surface area contributed by atoms with Gasteiger partial charge in [0, 0.05) is 18.4 Å². The lowest BCUT2D eigenvalue weighted by molar-refractivity contribution is -0.221. The first-order valence-electron chi connectivity index (χ1n) is 10.8. The number of rotatable bonds is 8. The van der Waals surface area contributed by atoms with E-state index in [1.807, 2.05) is 13.8 Å². The van der Waals surface area contributed by atoms with Crippen molar-refractivity contribution in [1.29, 1.82) is 0 Å². The molecule has 0 bridgehead atoms. The first kappa shape index (κ1) is 24.8. The Bertz CT molecular complexity index is 905. The molecule has 9 nitrogen and oxygen atoms in total. The number of ether oxygens (including phenoxy) is 3. The van der Waals surface area contributed by atoms with Crippen LogP contribution in [0.1, 0.15) is 32.3 Å². The number of aliphatic hydroxyl groups excluding tert-OH is 2. The van der Waals surface area contributed by atoms with Gasteiger partial charge >= 0.3 is 11.9 Å². The first-order valence-corrected chi connectivity index (χ1v) is 10.8. The van der Waals surface area contributed by atoms with Crippen molar-refractivity contribution >= 4 is 18.0 Å². The minimum Gasteiger partial charge on any atom is -0.508 e. The summed E-state index contributed by atoms with van der Waals surface area (Å²) < 4.78 is 16.4. The third kappa shape index (κ3) is 5.55. The second-order valence-corrected chi connectivity index (χ2v) is 8.81. The molecule has 5 atom stereocenters. The van der Waals surface area contributed by atoms with E-state index in [2.05, 4.69) is 0 Å². The molecule has 0 unspecified atom stereocenters. The highest BCUT2D eigenvalue weighted by molar-refractivity contribution is 5.87. The summed E-state index contributed by atoms with van der Waals surface area (Å²) in [5.41, 5.74) is -0.857. The number of carbonyl (C=O) groups excluding carboxylic acids is 2. The molecule has 2 aliphatic rings. The molecule has 0 spiro atoms. The summed E-state index contributed by atoms with van der Waals surface area (Å²) in [6.07, 6.45) is 1.87. The maximum Gasteiger partial charge on any atom is 0.331 e. The lowest BCUT2D eigenvalue weighted by Crippen LogP contribution is -2.54. The molecule has 1 aromatic carbocycles. The maximum absolute atomic E-state index is 12.4. The summed E-state index contributed by atoms with van der Waals surface area (Å²) >= 11 is 0. The Morgan fingerprint density at radius 2 is 1.91 bits per heavy atom. The second-order valence-electron chi connectivity index (χ2n) is 8.81. The Morgan fingerprint density at radius 1 is 1.21 bits per heavy atom. The Hall–Kier alpha value is -2.88. The Morgan fingerprint density at radius 3 is 2.52 bits per heavy atom. The van der Waals surface area contributed by atoms with Gasteiger partial charge in [-0.05, 0) is 41.7 Å². The molecule has 1 aliphatic heterocycles. The van der Waals surface area contributed by atoms with Crippen LogP contribution in [0, 0.1) is 17.8 Å². The average Bonchev–Trinajstić information content (AvgIpc) is 3.06. The second kappa shape index (κ2) is 10.4. The fourth-order valence-electron chi connectivity index (χ4n) is 4.33. The normalized spacial score (nSPS) is 28.8.